The van der Waals surface area contributed by atoms with Crippen LogP contribution in [0, 0.1) is 5.92 Å². The predicted molar refractivity (Wildman–Crippen MR) is 123 cm³/mol. The van der Waals surface area contributed by atoms with Crippen molar-refractivity contribution in [3.63, 3.8) is 0 Å². The molecule has 0 bridgehead atoms. The fraction of sp³-hybridized carbons (Fsp3) is 0.478. The number of alkyl halides is 3. The number of pyridine rings is 1. The molecule has 1 aromatic carbocycles. The highest BCUT2D eigenvalue weighted by Gasteiger charge is 2.31. The van der Waals surface area contributed by atoms with Crippen molar-refractivity contribution >= 4 is 33.2 Å². The number of anilines is 1. The van der Waals surface area contributed by atoms with Gasteiger partial charge in [0.1, 0.15) is 5.03 Å². The number of sulfone groups is 1. The molecule has 1 N–H and O–H groups in total. The van der Waals surface area contributed by atoms with Gasteiger partial charge in [-0.3, -0.25) is 4.79 Å². The van der Waals surface area contributed by atoms with Crippen molar-refractivity contribution in [3.8, 4) is 0 Å². The summed E-state index contributed by atoms with van der Waals surface area (Å²) < 4.78 is 63.7. The predicted octanol–water partition coefficient (Wildman–Crippen LogP) is 5.97. The Morgan fingerprint density at radius 2 is 1.88 bits per heavy atom. The Labute approximate surface area is 196 Å². The van der Waals surface area contributed by atoms with Crippen LogP contribution >= 0.6 is 11.8 Å². The fourth-order valence-electron chi connectivity index (χ4n) is 3.86. The molecule has 1 aromatic heterocycles. The van der Waals surface area contributed by atoms with E-state index in [2.05, 4.69) is 10.3 Å². The van der Waals surface area contributed by atoms with E-state index in [0.717, 1.165) is 36.4 Å². The second kappa shape index (κ2) is 11.4. The number of rotatable bonds is 9. The van der Waals surface area contributed by atoms with Gasteiger partial charge in [-0.25, -0.2) is 13.4 Å². The highest BCUT2D eigenvalue weighted by atomic mass is 32.2. The maximum atomic E-state index is 12.9. The van der Waals surface area contributed by atoms with Crippen LogP contribution in [0.4, 0.5) is 18.9 Å². The van der Waals surface area contributed by atoms with E-state index in [-0.39, 0.29) is 22.3 Å². The Balaban J connectivity index is 1.56. The Hall–Kier alpha value is -2.07. The molecule has 0 saturated heterocycles. The van der Waals surface area contributed by atoms with Crippen LogP contribution in [0.2, 0.25) is 0 Å². The van der Waals surface area contributed by atoms with E-state index in [1.807, 2.05) is 0 Å². The molecule has 1 aliphatic carbocycles. The molecule has 3 rings (SSSR count). The molecule has 0 unspecified atom stereocenters. The van der Waals surface area contributed by atoms with Crippen LogP contribution in [0.25, 0.3) is 0 Å². The van der Waals surface area contributed by atoms with Gasteiger partial charge in [0.05, 0.1) is 21.9 Å². The number of carbonyl (C=O) groups excluding carboxylic acids is 1. The van der Waals surface area contributed by atoms with Gasteiger partial charge in [-0.2, -0.15) is 13.2 Å². The smallest absolute Gasteiger partial charge is 0.324 e. The van der Waals surface area contributed by atoms with Gasteiger partial charge < -0.3 is 5.32 Å². The third-order valence-corrected chi connectivity index (χ3v) is 8.64. The van der Waals surface area contributed by atoms with Crippen molar-refractivity contribution < 1.29 is 26.4 Å². The summed E-state index contributed by atoms with van der Waals surface area (Å²) in [5, 5.41) is 3.33. The summed E-state index contributed by atoms with van der Waals surface area (Å²) in [5.41, 5.74) is -0.494. The lowest BCUT2D eigenvalue weighted by Gasteiger charge is -2.21. The first-order valence-corrected chi connectivity index (χ1v) is 13.6. The van der Waals surface area contributed by atoms with Gasteiger partial charge in [0, 0.05) is 18.4 Å². The number of hydrogen-bond donors (Lipinski definition) is 1. The number of benzene rings is 1. The number of nitrogens with one attached hydrogen (secondary N) is 1. The molecule has 1 aliphatic rings. The molecule has 0 radical (unpaired) electrons. The summed E-state index contributed by atoms with van der Waals surface area (Å²) in [7, 11) is -3.91. The van der Waals surface area contributed by atoms with E-state index in [9.17, 15) is 26.4 Å². The average Bonchev–Trinajstić information content (AvgIpc) is 2.79. The van der Waals surface area contributed by atoms with Gasteiger partial charge in [0.15, 0.2) is 9.84 Å². The lowest BCUT2D eigenvalue weighted by molar-refractivity contribution is -0.137. The zero-order valence-electron chi connectivity index (χ0n) is 18.1. The molecule has 0 spiro atoms. The largest absolute Gasteiger partial charge is 0.416 e. The normalized spacial score (nSPS) is 15.4. The second-order valence-electron chi connectivity index (χ2n) is 8.14. The summed E-state index contributed by atoms with van der Waals surface area (Å²) >= 11 is 1.14. The van der Waals surface area contributed by atoms with Crippen molar-refractivity contribution in [1.29, 1.82) is 0 Å². The fourth-order valence-corrected chi connectivity index (χ4v) is 6.50. The molecule has 33 heavy (non-hydrogen) atoms. The quantitative estimate of drug-likeness (QED) is 0.430. The molecule has 1 heterocycles. The summed E-state index contributed by atoms with van der Waals surface area (Å²) in [4.78, 5) is 16.3. The van der Waals surface area contributed by atoms with Crippen molar-refractivity contribution in [1.82, 2.24) is 4.98 Å². The molecule has 2 aromatic rings. The highest BCUT2D eigenvalue weighted by molar-refractivity contribution is 8.00. The molecular formula is C23H27F3N2O3S2. The Morgan fingerprint density at radius 3 is 2.61 bits per heavy atom. The monoisotopic (exact) mass is 500 g/mol. The minimum absolute atomic E-state index is 0.0839. The number of aromatic nitrogens is 1. The minimum atomic E-state index is -4.61. The number of thioether (sulfide) groups is 1. The van der Waals surface area contributed by atoms with Gasteiger partial charge in [0.2, 0.25) is 5.91 Å². The summed E-state index contributed by atoms with van der Waals surface area (Å²) in [6.45, 7) is 0. The second-order valence-corrected chi connectivity index (χ2v) is 11.3. The van der Waals surface area contributed by atoms with E-state index < -0.39 is 21.6 Å². The molecule has 1 fully saturated rings. The Kier molecular flexibility index (Phi) is 8.81. The van der Waals surface area contributed by atoms with Gasteiger partial charge in [0.25, 0.3) is 0 Å². The van der Waals surface area contributed by atoms with E-state index in [4.69, 9.17) is 0 Å². The first kappa shape index (κ1) is 25.6. The van der Waals surface area contributed by atoms with E-state index >= 15 is 0 Å². The number of amides is 1. The van der Waals surface area contributed by atoms with Crippen LogP contribution in [0.5, 0.6) is 0 Å². The van der Waals surface area contributed by atoms with Crippen molar-refractivity contribution in [2.45, 2.75) is 61.0 Å². The summed E-state index contributed by atoms with van der Waals surface area (Å²) in [5.74, 6) is 0.214. The topological polar surface area (TPSA) is 76.1 Å². The summed E-state index contributed by atoms with van der Waals surface area (Å²) in [6.07, 6.45) is 4.25. The van der Waals surface area contributed by atoms with Gasteiger partial charge in [-0.15, -0.1) is 11.8 Å². The lowest BCUT2D eigenvalue weighted by Crippen LogP contribution is -2.15. The van der Waals surface area contributed by atoms with Crippen LogP contribution < -0.4 is 5.32 Å². The Morgan fingerprint density at radius 1 is 1.12 bits per heavy atom. The third kappa shape index (κ3) is 7.74. The van der Waals surface area contributed by atoms with Gasteiger partial charge in [-0.1, -0.05) is 38.2 Å². The van der Waals surface area contributed by atoms with E-state index in [1.165, 1.54) is 32.1 Å². The van der Waals surface area contributed by atoms with Crippen LogP contribution in [0.15, 0.2) is 52.5 Å². The number of hydrogen-bond acceptors (Lipinski definition) is 5. The van der Waals surface area contributed by atoms with Gasteiger partial charge >= 0.3 is 6.18 Å². The standard InChI is InChI=1S/C23H27F3N2O3S2/c24-23(25,26)18-8-4-9-19(16-18)33(30,31)15-14-32-22-20(10-5-13-27-22)28-21(29)12-11-17-6-2-1-3-7-17/h4-5,8-10,13,16-17H,1-3,6-7,11-12,14-15H2,(H,28,29). The zero-order valence-corrected chi connectivity index (χ0v) is 19.7. The zero-order chi connectivity index (χ0) is 23.9. The first-order valence-electron chi connectivity index (χ1n) is 10.9. The molecule has 5 nitrogen and oxygen atoms in total. The minimum Gasteiger partial charge on any atom is -0.324 e. The molecule has 10 heteroatoms. The highest BCUT2D eigenvalue weighted by Crippen LogP contribution is 2.32. The maximum absolute atomic E-state index is 12.9. The maximum Gasteiger partial charge on any atom is 0.416 e. The molecule has 1 saturated carbocycles. The van der Waals surface area contributed by atoms with Crippen LogP contribution in [0.1, 0.15) is 50.5 Å². The lowest BCUT2D eigenvalue weighted by atomic mass is 9.86. The van der Waals surface area contributed by atoms with E-state index in [0.29, 0.717) is 29.1 Å². The molecule has 0 aliphatic heterocycles. The Bertz CT molecular complexity index is 1050. The third-order valence-electron chi connectivity index (χ3n) is 5.66. The average molecular weight is 501 g/mol. The van der Waals surface area contributed by atoms with Crippen LogP contribution in [-0.4, -0.2) is 30.8 Å². The number of carbonyl (C=O) groups is 1. The van der Waals surface area contributed by atoms with Crippen molar-refractivity contribution in [2.24, 2.45) is 5.92 Å². The van der Waals surface area contributed by atoms with Crippen LogP contribution in [-0.2, 0) is 20.8 Å². The first-order chi connectivity index (χ1) is 15.6. The molecular weight excluding hydrogens is 473 g/mol. The van der Waals surface area contributed by atoms with Crippen molar-refractivity contribution in [3.05, 3.63) is 48.2 Å². The van der Waals surface area contributed by atoms with E-state index in [1.54, 1.807) is 18.3 Å². The SMILES string of the molecule is O=C(CCC1CCCCC1)Nc1cccnc1SCCS(=O)(=O)c1cccc(C(F)(F)F)c1. The number of nitrogens with zero attached hydrogens (tertiary/aromatic N) is 1. The molecule has 0 atom stereocenters. The van der Waals surface area contributed by atoms with Crippen molar-refractivity contribution in [2.75, 3.05) is 16.8 Å². The summed E-state index contributed by atoms with van der Waals surface area (Å²) in [6, 6.07) is 7.12. The van der Waals surface area contributed by atoms with Gasteiger partial charge in [-0.05, 0) is 42.7 Å². The molecule has 180 valence electrons. The molecule has 1 amide bonds. The number of halogens is 3. The van der Waals surface area contributed by atoms with Crippen LogP contribution in [0.3, 0.4) is 0 Å².